The van der Waals surface area contributed by atoms with Gasteiger partial charge in [-0.2, -0.15) is 0 Å². The Balaban J connectivity index is 1.53. The maximum atomic E-state index is 12.0. The number of aromatic nitrogens is 1. The topological polar surface area (TPSA) is 74.3 Å². The Morgan fingerprint density at radius 2 is 1.84 bits per heavy atom. The summed E-state index contributed by atoms with van der Waals surface area (Å²) in [6, 6.07) is 10.5. The number of nitrogens with one attached hydrogen (secondary N) is 2. The van der Waals surface area contributed by atoms with E-state index in [2.05, 4.69) is 20.5 Å². The van der Waals surface area contributed by atoms with E-state index in [4.69, 9.17) is 0 Å². The summed E-state index contributed by atoms with van der Waals surface area (Å²) in [4.78, 5) is 30.0. The molecule has 2 N–H and O–H groups in total. The number of urea groups is 1. The second-order valence-corrected chi connectivity index (χ2v) is 6.16. The van der Waals surface area contributed by atoms with Gasteiger partial charge in [-0.3, -0.25) is 4.79 Å². The summed E-state index contributed by atoms with van der Waals surface area (Å²) in [5, 5.41) is 5.60. The summed E-state index contributed by atoms with van der Waals surface area (Å²) in [7, 11) is 0. The molecule has 1 saturated heterocycles. The third kappa shape index (κ3) is 4.56. The average molecular weight is 338 g/mol. The highest BCUT2D eigenvalue weighted by Crippen LogP contribution is 2.18. The molecule has 1 aliphatic heterocycles. The number of carbonyl (C=O) groups excluding carboxylic acids is 2. The molecule has 130 valence electrons. The smallest absolute Gasteiger partial charge is 0.319 e. The molecule has 1 aromatic heterocycles. The number of amides is 2. The van der Waals surface area contributed by atoms with Gasteiger partial charge < -0.3 is 15.5 Å². The first-order chi connectivity index (χ1) is 12.1. The van der Waals surface area contributed by atoms with Gasteiger partial charge in [-0.05, 0) is 61.7 Å². The summed E-state index contributed by atoms with van der Waals surface area (Å²) in [6.45, 7) is 4.03. The van der Waals surface area contributed by atoms with Gasteiger partial charge in [0.2, 0.25) is 0 Å². The van der Waals surface area contributed by atoms with Crippen molar-refractivity contribution in [1.82, 2.24) is 10.3 Å². The second-order valence-electron chi connectivity index (χ2n) is 6.16. The van der Waals surface area contributed by atoms with Crippen LogP contribution in [0.5, 0.6) is 0 Å². The number of ketones is 1. The molecular weight excluding hydrogens is 316 g/mol. The quantitative estimate of drug-likeness (QED) is 0.821. The van der Waals surface area contributed by atoms with Gasteiger partial charge in [0.05, 0.1) is 0 Å². The van der Waals surface area contributed by atoms with Crippen LogP contribution in [0, 0.1) is 0 Å². The number of carbonyl (C=O) groups is 2. The van der Waals surface area contributed by atoms with Crippen LogP contribution in [0.3, 0.4) is 0 Å². The molecule has 1 aromatic carbocycles. The number of pyridine rings is 1. The molecule has 0 spiro atoms. The third-order valence-electron chi connectivity index (χ3n) is 4.24. The largest absolute Gasteiger partial charge is 0.357 e. The number of benzene rings is 1. The van der Waals surface area contributed by atoms with Crippen molar-refractivity contribution in [2.45, 2.75) is 26.3 Å². The minimum absolute atomic E-state index is 0.00231. The number of nitrogens with zero attached hydrogens (tertiary/aromatic N) is 2. The number of hydrogen-bond donors (Lipinski definition) is 2. The fourth-order valence-electron chi connectivity index (χ4n) is 2.84. The lowest BCUT2D eigenvalue weighted by Gasteiger charge is -2.17. The molecule has 2 amide bonds. The van der Waals surface area contributed by atoms with Crippen molar-refractivity contribution < 1.29 is 9.59 Å². The van der Waals surface area contributed by atoms with Crippen molar-refractivity contribution in [2.75, 3.05) is 23.3 Å². The van der Waals surface area contributed by atoms with Gasteiger partial charge in [-0.25, -0.2) is 9.78 Å². The third-order valence-corrected chi connectivity index (χ3v) is 4.24. The Bertz CT molecular complexity index is 752. The first-order valence-corrected chi connectivity index (χ1v) is 8.47. The van der Waals surface area contributed by atoms with Crippen LogP contribution in [-0.2, 0) is 6.54 Å². The molecule has 3 rings (SSSR count). The van der Waals surface area contributed by atoms with Crippen molar-refractivity contribution in [3.8, 4) is 0 Å². The standard InChI is InChI=1S/C19H22N4O2/c1-14(24)16-4-6-17(7-5-16)22-19(25)21-13-15-8-9-20-18(12-15)23-10-2-3-11-23/h4-9,12H,2-3,10-11,13H2,1H3,(H2,21,22,25). The first-order valence-electron chi connectivity index (χ1n) is 8.47. The van der Waals surface area contributed by atoms with E-state index < -0.39 is 0 Å². The number of rotatable bonds is 5. The Hall–Kier alpha value is -2.89. The molecule has 1 aliphatic rings. The summed E-state index contributed by atoms with van der Waals surface area (Å²) >= 11 is 0. The van der Waals surface area contributed by atoms with Gasteiger partial charge in [-0.1, -0.05) is 0 Å². The molecule has 0 aliphatic carbocycles. The Morgan fingerprint density at radius 3 is 2.52 bits per heavy atom. The molecule has 0 atom stereocenters. The van der Waals surface area contributed by atoms with Gasteiger partial charge in [0.25, 0.3) is 0 Å². The van der Waals surface area contributed by atoms with Crippen LogP contribution in [0.25, 0.3) is 0 Å². The van der Waals surface area contributed by atoms with Crippen LogP contribution < -0.4 is 15.5 Å². The zero-order chi connectivity index (χ0) is 17.6. The molecule has 0 unspecified atom stereocenters. The summed E-state index contributed by atoms with van der Waals surface area (Å²) in [5.74, 6) is 0.972. The highest BCUT2D eigenvalue weighted by atomic mass is 16.2. The van der Waals surface area contributed by atoms with Crippen LogP contribution in [-0.4, -0.2) is 29.9 Å². The van der Waals surface area contributed by atoms with Crippen LogP contribution in [0.1, 0.15) is 35.7 Å². The fourth-order valence-corrected chi connectivity index (χ4v) is 2.84. The fraction of sp³-hybridized carbons (Fsp3) is 0.316. The van der Waals surface area contributed by atoms with E-state index in [1.165, 1.54) is 19.8 Å². The molecule has 1 fully saturated rings. The van der Waals surface area contributed by atoms with E-state index in [1.807, 2.05) is 12.1 Å². The van der Waals surface area contributed by atoms with Crippen LogP contribution >= 0.6 is 0 Å². The predicted molar refractivity (Wildman–Crippen MR) is 98.0 cm³/mol. The highest BCUT2D eigenvalue weighted by Gasteiger charge is 2.13. The van der Waals surface area contributed by atoms with E-state index in [9.17, 15) is 9.59 Å². The molecular formula is C19H22N4O2. The lowest BCUT2D eigenvalue weighted by atomic mass is 10.1. The summed E-state index contributed by atoms with van der Waals surface area (Å²) < 4.78 is 0. The second kappa shape index (κ2) is 7.79. The van der Waals surface area contributed by atoms with Gasteiger partial charge >= 0.3 is 6.03 Å². The van der Waals surface area contributed by atoms with Gasteiger partial charge in [0.1, 0.15) is 5.82 Å². The van der Waals surface area contributed by atoms with E-state index in [1.54, 1.807) is 30.5 Å². The number of hydrogen-bond acceptors (Lipinski definition) is 4. The number of anilines is 2. The van der Waals surface area contributed by atoms with Gasteiger partial charge in [0, 0.05) is 37.1 Å². The zero-order valence-electron chi connectivity index (χ0n) is 14.3. The van der Waals surface area contributed by atoms with E-state index >= 15 is 0 Å². The normalized spacial score (nSPS) is 13.6. The van der Waals surface area contributed by atoms with Crippen molar-refractivity contribution in [1.29, 1.82) is 0 Å². The number of Topliss-reactive ketones (excluding diaryl/α,β-unsaturated/α-hetero) is 1. The van der Waals surface area contributed by atoms with Crippen LogP contribution in [0.15, 0.2) is 42.6 Å². The molecule has 0 radical (unpaired) electrons. The van der Waals surface area contributed by atoms with E-state index in [0.717, 1.165) is 24.5 Å². The highest BCUT2D eigenvalue weighted by molar-refractivity contribution is 5.95. The SMILES string of the molecule is CC(=O)c1ccc(NC(=O)NCc2ccnc(N3CCCC3)c2)cc1. The minimum Gasteiger partial charge on any atom is -0.357 e. The monoisotopic (exact) mass is 338 g/mol. The molecule has 2 heterocycles. The zero-order valence-corrected chi connectivity index (χ0v) is 14.3. The molecule has 0 saturated carbocycles. The van der Waals surface area contributed by atoms with Crippen molar-refractivity contribution in [3.63, 3.8) is 0 Å². The molecule has 6 nitrogen and oxygen atoms in total. The molecule has 6 heteroatoms. The Labute approximate surface area is 147 Å². The van der Waals surface area contributed by atoms with Crippen LogP contribution in [0.2, 0.25) is 0 Å². The van der Waals surface area contributed by atoms with Crippen molar-refractivity contribution >= 4 is 23.3 Å². The average Bonchev–Trinajstić information content (AvgIpc) is 3.15. The van der Waals surface area contributed by atoms with Crippen LogP contribution in [0.4, 0.5) is 16.3 Å². The molecule has 2 aromatic rings. The maximum absolute atomic E-state index is 12.0. The molecule has 0 bridgehead atoms. The minimum atomic E-state index is -0.282. The molecule has 25 heavy (non-hydrogen) atoms. The lowest BCUT2D eigenvalue weighted by molar-refractivity contribution is 0.101. The maximum Gasteiger partial charge on any atom is 0.319 e. The summed E-state index contributed by atoms with van der Waals surface area (Å²) in [5.41, 5.74) is 2.28. The summed E-state index contributed by atoms with van der Waals surface area (Å²) in [6.07, 6.45) is 4.19. The predicted octanol–water partition coefficient (Wildman–Crippen LogP) is 3.21. The van der Waals surface area contributed by atoms with E-state index in [-0.39, 0.29) is 11.8 Å². The van der Waals surface area contributed by atoms with Crippen molar-refractivity contribution in [2.24, 2.45) is 0 Å². The van der Waals surface area contributed by atoms with Gasteiger partial charge in [0.15, 0.2) is 5.78 Å². The van der Waals surface area contributed by atoms with E-state index in [0.29, 0.717) is 17.8 Å². The Kier molecular flexibility index (Phi) is 5.28. The van der Waals surface area contributed by atoms with Gasteiger partial charge in [-0.15, -0.1) is 0 Å². The lowest BCUT2D eigenvalue weighted by Crippen LogP contribution is -2.28. The Morgan fingerprint density at radius 1 is 1.12 bits per heavy atom. The van der Waals surface area contributed by atoms with Crippen molar-refractivity contribution in [3.05, 3.63) is 53.7 Å². The first kappa shape index (κ1) is 17.0.